The van der Waals surface area contributed by atoms with Crippen LogP contribution in [-0.4, -0.2) is 42.2 Å². The van der Waals surface area contributed by atoms with Gasteiger partial charge in [-0.2, -0.15) is 0 Å². The lowest BCUT2D eigenvalue weighted by molar-refractivity contribution is -0.125. The van der Waals surface area contributed by atoms with Gasteiger partial charge in [-0.15, -0.1) is 0 Å². The van der Waals surface area contributed by atoms with Crippen LogP contribution in [0.4, 0.5) is 5.95 Å². The second kappa shape index (κ2) is 7.59. The summed E-state index contributed by atoms with van der Waals surface area (Å²) in [5.41, 5.74) is 1.00. The Bertz CT molecular complexity index is 769. The molecule has 1 aromatic carbocycles. The Labute approximate surface area is 152 Å². The summed E-state index contributed by atoms with van der Waals surface area (Å²) >= 11 is 0. The summed E-state index contributed by atoms with van der Waals surface area (Å²) in [7, 11) is 0. The highest BCUT2D eigenvalue weighted by Crippen LogP contribution is 2.30. The predicted octanol–water partition coefficient (Wildman–Crippen LogP) is 1.78. The van der Waals surface area contributed by atoms with E-state index in [0.717, 1.165) is 36.4 Å². The van der Waals surface area contributed by atoms with Gasteiger partial charge in [0.1, 0.15) is 13.2 Å². The van der Waals surface area contributed by atoms with E-state index in [-0.39, 0.29) is 11.8 Å². The third kappa shape index (κ3) is 3.71. The molecule has 2 aliphatic heterocycles. The fourth-order valence-corrected chi connectivity index (χ4v) is 3.36. The van der Waals surface area contributed by atoms with Crippen LogP contribution in [0.3, 0.4) is 0 Å². The van der Waals surface area contributed by atoms with E-state index >= 15 is 0 Å². The Morgan fingerprint density at radius 3 is 2.85 bits per heavy atom. The van der Waals surface area contributed by atoms with Crippen LogP contribution in [0.5, 0.6) is 11.5 Å². The molecule has 1 saturated heterocycles. The minimum atomic E-state index is -0.0511. The summed E-state index contributed by atoms with van der Waals surface area (Å²) in [6, 6.07) is 7.58. The highest BCUT2D eigenvalue weighted by molar-refractivity contribution is 5.79. The van der Waals surface area contributed by atoms with Crippen LogP contribution in [0, 0.1) is 5.92 Å². The number of piperidine rings is 1. The quantitative estimate of drug-likeness (QED) is 0.902. The zero-order valence-electron chi connectivity index (χ0n) is 14.6. The van der Waals surface area contributed by atoms with Crippen molar-refractivity contribution in [3.8, 4) is 11.5 Å². The first-order valence-electron chi connectivity index (χ1n) is 8.98. The van der Waals surface area contributed by atoms with Crippen molar-refractivity contribution in [2.75, 3.05) is 31.2 Å². The molecule has 1 unspecified atom stereocenters. The lowest BCUT2D eigenvalue weighted by Crippen LogP contribution is -2.43. The first-order valence-corrected chi connectivity index (χ1v) is 8.98. The molecule has 1 aromatic heterocycles. The van der Waals surface area contributed by atoms with Gasteiger partial charge in [0, 0.05) is 32.0 Å². The molecule has 4 rings (SSSR count). The topological polar surface area (TPSA) is 76.6 Å². The Morgan fingerprint density at radius 1 is 1.19 bits per heavy atom. The fourth-order valence-electron chi connectivity index (χ4n) is 3.36. The van der Waals surface area contributed by atoms with Gasteiger partial charge in [-0.3, -0.25) is 4.79 Å². The molecule has 0 bridgehead atoms. The van der Waals surface area contributed by atoms with Crippen LogP contribution in [0.15, 0.2) is 36.7 Å². The molecule has 136 valence electrons. The summed E-state index contributed by atoms with van der Waals surface area (Å²) < 4.78 is 11.1. The second-order valence-corrected chi connectivity index (χ2v) is 6.53. The van der Waals surface area contributed by atoms with E-state index < -0.39 is 0 Å². The zero-order valence-corrected chi connectivity index (χ0v) is 14.6. The van der Waals surface area contributed by atoms with Crippen LogP contribution < -0.4 is 19.7 Å². The number of hydrogen-bond donors (Lipinski definition) is 1. The molecular weight excluding hydrogens is 332 g/mol. The Hall–Kier alpha value is -2.83. The molecule has 1 atom stereocenters. The van der Waals surface area contributed by atoms with Crippen LogP contribution in [0.2, 0.25) is 0 Å². The number of nitrogens with one attached hydrogen (secondary N) is 1. The molecule has 2 aliphatic rings. The summed E-state index contributed by atoms with van der Waals surface area (Å²) in [5.74, 6) is 2.22. The van der Waals surface area contributed by atoms with Crippen molar-refractivity contribution < 1.29 is 14.3 Å². The number of ether oxygens (including phenoxy) is 2. The van der Waals surface area contributed by atoms with Crippen LogP contribution in [0.1, 0.15) is 18.4 Å². The Morgan fingerprint density at radius 2 is 2.00 bits per heavy atom. The number of benzene rings is 1. The first-order chi connectivity index (χ1) is 12.8. The average Bonchev–Trinajstić information content (AvgIpc) is 2.72. The molecular formula is C19H22N4O3. The molecule has 1 N–H and O–H groups in total. The minimum Gasteiger partial charge on any atom is -0.486 e. The number of carbonyl (C=O) groups excluding carboxylic acids is 1. The zero-order chi connectivity index (χ0) is 17.8. The number of aromatic nitrogens is 2. The molecule has 3 heterocycles. The van der Waals surface area contributed by atoms with Crippen molar-refractivity contribution in [2.24, 2.45) is 5.92 Å². The van der Waals surface area contributed by atoms with E-state index in [2.05, 4.69) is 20.2 Å². The third-order valence-corrected chi connectivity index (χ3v) is 4.70. The van der Waals surface area contributed by atoms with Crippen molar-refractivity contribution in [1.29, 1.82) is 0 Å². The van der Waals surface area contributed by atoms with E-state index in [1.54, 1.807) is 18.5 Å². The highest BCUT2D eigenvalue weighted by atomic mass is 16.6. The summed E-state index contributed by atoms with van der Waals surface area (Å²) in [6.07, 6.45) is 5.30. The lowest BCUT2D eigenvalue weighted by atomic mass is 9.97. The van der Waals surface area contributed by atoms with E-state index in [4.69, 9.17) is 9.47 Å². The number of amides is 1. The van der Waals surface area contributed by atoms with Crippen LogP contribution in [0.25, 0.3) is 0 Å². The first kappa shape index (κ1) is 16.6. The lowest BCUT2D eigenvalue weighted by Gasteiger charge is -2.31. The summed E-state index contributed by atoms with van der Waals surface area (Å²) in [5, 5.41) is 3.04. The van der Waals surface area contributed by atoms with Crippen molar-refractivity contribution in [3.63, 3.8) is 0 Å². The van der Waals surface area contributed by atoms with Gasteiger partial charge >= 0.3 is 0 Å². The molecule has 7 nitrogen and oxygen atoms in total. The number of fused-ring (bicyclic) bond motifs is 1. The molecule has 7 heteroatoms. The Kier molecular flexibility index (Phi) is 4.86. The maximum atomic E-state index is 12.6. The highest BCUT2D eigenvalue weighted by Gasteiger charge is 2.27. The molecule has 26 heavy (non-hydrogen) atoms. The standard InChI is InChI=1S/C19H22N4O3/c24-18(15-3-1-8-23(13-15)19-20-6-2-7-21-19)22-12-14-4-5-16-17(11-14)26-10-9-25-16/h2,4-7,11,15H,1,3,8-10,12-13H2,(H,22,24). The van der Waals surface area contributed by atoms with E-state index in [1.165, 1.54) is 0 Å². The van der Waals surface area contributed by atoms with Gasteiger partial charge in [0.25, 0.3) is 0 Å². The number of hydrogen-bond acceptors (Lipinski definition) is 6. The fraction of sp³-hybridized carbons (Fsp3) is 0.421. The average molecular weight is 354 g/mol. The van der Waals surface area contributed by atoms with Crippen molar-refractivity contribution in [1.82, 2.24) is 15.3 Å². The molecule has 2 aromatic rings. The number of rotatable bonds is 4. The molecule has 0 spiro atoms. The van der Waals surface area contributed by atoms with Gasteiger partial charge < -0.3 is 19.7 Å². The monoisotopic (exact) mass is 354 g/mol. The van der Waals surface area contributed by atoms with E-state index in [0.29, 0.717) is 32.3 Å². The van der Waals surface area contributed by atoms with Gasteiger partial charge in [-0.1, -0.05) is 6.07 Å². The predicted molar refractivity (Wildman–Crippen MR) is 96.2 cm³/mol. The van der Waals surface area contributed by atoms with Crippen LogP contribution in [-0.2, 0) is 11.3 Å². The maximum Gasteiger partial charge on any atom is 0.225 e. The van der Waals surface area contributed by atoms with Gasteiger partial charge in [0.05, 0.1) is 5.92 Å². The molecule has 1 fully saturated rings. The molecule has 0 saturated carbocycles. The van der Waals surface area contributed by atoms with Gasteiger partial charge in [-0.25, -0.2) is 9.97 Å². The molecule has 1 amide bonds. The van der Waals surface area contributed by atoms with Crippen LogP contribution >= 0.6 is 0 Å². The normalized spacial score (nSPS) is 19.1. The number of nitrogens with zero attached hydrogens (tertiary/aromatic N) is 3. The minimum absolute atomic E-state index is 0.0511. The van der Waals surface area contributed by atoms with Crippen molar-refractivity contribution in [3.05, 3.63) is 42.2 Å². The number of carbonyl (C=O) groups is 1. The van der Waals surface area contributed by atoms with E-state index in [9.17, 15) is 4.79 Å². The van der Waals surface area contributed by atoms with Gasteiger partial charge in [-0.05, 0) is 36.6 Å². The van der Waals surface area contributed by atoms with Crippen molar-refractivity contribution >= 4 is 11.9 Å². The summed E-state index contributed by atoms with van der Waals surface area (Å²) in [6.45, 7) is 3.15. The van der Waals surface area contributed by atoms with Gasteiger partial charge in [0.2, 0.25) is 11.9 Å². The second-order valence-electron chi connectivity index (χ2n) is 6.53. The molecule has 0 radical (unpaired) electrons. The Balaban J connectivity index is 1.34. The smallest absolute Gasteiger partial charge is 0.225 e. The maximum absolute atomic E-state index is 12.6. The molecule has 0 aliphatic carbocycles. The SMILES string of the molecule is O=C(NCc1ccc2c(c1)OCCO2)C1CCCN(c2ncccn2)C1. The largest absolute Gasteiger partial charge is 0.486 e. The van der Waals surface area contributed by atoms with Gasteiger partial charge in [0.15, 0.2) is 11.5 Å². The van der Waals surface area contributed by atoms with Crippen molar-refractivity contribution in [2.45, 2.75) is 19.4 Å². The van der Waals surface area contributed by atoms with E-state index in [1.807, 2.05) is 18.2 Å². The summed E-state index contributed by atoms with van der Waals surface area (Å²) in [4.78, 5) is 23.3. The number of anilines is 1. The third-order valence-electron chi connectivity index (χ3n) is 4.70.